The van der Waals surface area contributed by atoms with Crippen molar-refractivity contribution in [1.82, 2.24) is 5.32 Å². The van der Waals surface area contributed by atoms with Gasteiger partial charge in [-0.1, -0.05) is 12.1 Å². The summed E-state index contributed by atoms with van der Waals surface area (Å²) in [6.45, 7) is 3.30. The molecule has 2 aromatic carbocycles. The number of carbonyl (C=O) groups is 1. The van der Waals surface area contributed by atoms with Crippen LogP contribution in [0.2, 0.25) is 0 Å². The average molecular weight is 510 g/mol. The normalized spacial score (nSPS) is 19.1. The van der Waals surface area contributed by atoms with Crippen LogP contribution >= 0.6 is 0 Å². The lowest BCUT2D eigenvalue weighted by Gasteiger charge is -2.34. The fourth-order valence-electron chi connectivity index (χ4n) is 3.69. The quantitative estimate of drug-likeness (QED) is 0.329. The van der Waals surface area contributed by atoms with Crippen molar-refractivity contribution in [2.75, 3.05) is 13.6 Å². The zero-order valence-corrected chi connectivity index (χ0v) is 19.5. The van der Waals surface area contributed by atoms with Crippen LogP contribution in [0.1, 0.15) is 24.0 Å². The summed E-state index contributed by atoms with van der Waals surface area (Å²) in [6.07, 6.45) is -2.46. The molecule has 0 bridgehead atoms. The highest BCUT2D eigenvalue weighted by atomic mass is 32.2. The first-order chi connectivity index (χ1) is 16.5. The highest BCUT2D eigenvalue weighted by Crippen LogP contribution is 2.37. The third-order valence-corrected chi connectivity index (χ3v) is 8.06. The first kappa shape index (κ1) is 26.3. The Labute approximate surface area is 200 Å². The van der Waals surface area contributed by atoms with Crippen LogP contribution in [0.3, 0.4) is 0 Å². The molecule has 186 valence electrons. The Morgan fingerprint density at radius 2 is 1.86 bits per heavy atom. The van der Waals surface area contributed by atoms with E-state index in [1.807, 2.05) is 0 Å². The number of nitrogens with one attached hydrogen (secondary N) is 1. The van der Waals surface area contributed by atoms with Crippen LogP contribution in [-0.4, -0.2) is 45.6 Å². The standard InChI is InChI=1S/C24H23F4N3O3S/c1-29-18(13-21(30-2)15-4-3-5-16(12-15)24(26,27)28)14-31-23(32)20-10-11-22(20)35(33,34)19-8-6-17(25)7-9-19/h3-9,12-13,20,22H,1,10-11,14H2,2H3,(H,31,32)/b18-13-,30-21+/t20-,22+/m1/s1. The van der Waals surface area contributed by atoms with Gasteiger partial charge in [0.25, 0.3) is 0 Å². The second kappa shape index (κ2) is 10.5. The van der Waals surface area contributed by atoms with Gasteiger partial charge in [0, 0.05) is 12.6 Å². The van der Waals surface area contributed by atoms with Crippen LogP contribution in [0.4, 0.5) is 17.6 Å². The van der Waals surface area contributed by atoms with Gasteiger partial charge in [-0.15, -0.1) is 0 Å². The lowest BCUT2D eigenvalue weighted by molar-refractivity contribution is -0.137. The molecule has 35 heavy (non-hydrogen) atoms. The van der Waals surface area contributed by atoms with E-state index in [2.05, 4.69) is 22.0 Å². The number of aliphatic imine (C=N–C) groups is 2. The van der Waals surface area contributed by atoms with E-state index in [1.165, 1.54) is 37.4 Å². The van der Waals surface area contributed by atoms with Crippen molar-refractivity contribution in [1.29, 1.82) is 0 Å². The zero-order chi connectivity index (χ0) is 25.8. The van der Waals surface area contributed by atoms with Crippen molar-refractivity contribution in [3.05, 3.63) is 77.2 Å². The minimum Gasteiger partial charge on any atom is -0.350 e. The predicted molar refractivity (Wildman–Crippen MR) is 125 cm³/mol. The number of allylic oxidation sites excluding steroid dienone is 1. The van der Waals surface area contributed by atoms with Crippen molar-refractivity contribution in [3.8, 4) is 0 Å². The molecule has 3 rings (SSSR count). The summed E-state index contributed by atoms with van der Waals surface area (Å²) in [6, 6.07) is 9.06. The molecule has 1 fully saturated rings. The molecule has 2 aromatic rings. The van der Waals surface area contributed by atoms with Crippen molar-refractivity contribution < 1.29 is 30.8 Å². The van der Waals surface area contributed by atoms with Crippen LogP contribution in [0.15, 0.2) is 75.2 Å². The largest absolute Gasteiger partial charge is 0.416 e. The van der Waals surface area contributed by atoms with Gasteiger partial charge in [0.2, 0.25) is 5.91 Å². The van der Waals surface area contributed by atoms with Gasteiger partial charge in [-0.25, -0.2) is 12.8 Å². The molecule has 0 spiro atoms. The molecule has 6 nitrogen and oxygen atoms in total. The van der Waals surface area contributed by atoms with Gasteiger partial charge in [0.05, 0.1) is 39.6 Å². The Balaban J connectivity index is 1.70. The van der Waals surface area contributed by atoms with E-state index in [1.54, 1.807) is 0 Å². The third-order valence-electron chi connectivity index (χ3n) is 5.77. The van der Waals surface area contributed by atoms with E-state index in [0.717, 1.165) is 24.3 Å². The Bertz CT molecular complexity index is 1270. The molecule has 11 heteroatoms. The lowest BCUT2D eigenvalue weighted by Crippen LogP contribution is -2.48. The van der Waals surface area contributed by atoms with Gasteiger partial charge in [-0.3, -0.25) is 14.8 Å². The maximum atomic E-state index is 13.1. The number of halogens is 4. The van der Waals surface area contributed by atoms with Crippen LogP contribution in [0.25, 0.3) is 0 Å². The highest BCUT2D eigenvalue weighted by molar-refractivity contribution is 7.92. The fourth-order valence-corrected chi connectivity index (χ4v) is 5.69. The third kappa shape index (κ3) is 6.02. The predicted octanol–water partition coefficient (Wildman–Crippen LogP) is 4.22. The van der Waals surface area contributed by atoms with E-state index in [9.17, 15) is 30.8 Å². The Morgan fingerprint density at radius 3 is 2.40 bits per heavy atom. The molecule has 1 aliphatic carbocycles. The first-order valence-electron chi connectivity index (χ1n) is 10.6. The number of hydrogen-bond acceptors (Lipinski definition) is 5. The number of nitrogens with zero attached hydrogens (tertiary/aromatic N) is 2. The maximum Gasteiger partial charge on any atom is 0.416 e. The number of rotatable bonds is 8. The number of carbonyl (C=O) groups excluding carboxylic acids is 1. The molecule has 1 amide bonds. The molecule has 0 aliphatic heterocycles. The second-order valence-corrected chi connectivity index (χ2v) is 10.1. The van der Waals surface area contributed by atoms with Gasteiger partial charge in [0.15, 0.2) is 9.84 Å². The van der Waals surface area contributed by atoms with Gasteiger partial charge in [-0.05, 0) is 62.0 Å². The molecule has 1 N–H and O–H groups in total. The summed E-state index contributed by atoms with van der Waals surface area (Å²) in [4.78, 5) is 20.5. The highest BCUT2D eigenvalue weighted by Gasteiger charge is 2.45. The molecular weight excluding hydrogens is 486 g/mol. The number of hydrogen-bond donors (Lipinski definition) is 1. The van der Waals surface area contributed by atoms with Crippen LogP contribution in [0.5, 0.6) is 0 Å². The Kier molecular flexibility index (Phi) is 7.89. The monoisotopic (exact) mass is 509 g/mol. The minimum atomic E-state index is -4.51. The van der Waals surface area contributed by atoms with Crippen LogP contribution < -0.4 is 5.32 Å². The van der Waals surface area contributed by atoms with E-state index in [4.69, 9.17) is 0 Å². The lowest BCUT2D eigenvalue weighted by atomic mass is 9.84. The Morgan fingerprint density at radius 1 is 1.17 bits per heavy atom. The zero-order valence-electron chi connectivity index (χ0n) is 18.7. The molecule has 0 radical (unpaired) electrons. The van der Waals surface area contributed by atoms with Crippen molar-refractivity contribution >= 4 is 28.2 Å². The molecule has 2 atom stereocenters. The van der Waals surface area contributed by atoms with Gasteiger partial charge >= 0.3 is 6.18 Å². The smallest absolute Gasteiger partial charge is 0.350 e. The van der Waals surface area contributed by atoms with Gasteiger partial charge < -0.3 is 5.32 Å². The molecule has 0 unspecified atom stereocenters. The minimum absolute atomic E-state index is 0.0559. The average Bonchev–Trinajstić information content (AvgIpc) is 2.78. The number of sulfone groups is 1. The molecule has 0 heterocycles. The van der Waals surface area contributed by atoms with Crippen molar-refractivity contribution in [2.24, 2.45) is 15.9 Å². The first-order valence-corrected chi connectivity index (χ1v) is 12.1. The summed E-state index contributed by atoms with van der Waals surface area (Å²) < 4.78 is 77.9. The summed E-state index contributed by atoms with van der Waals surface area (Å²) in [7, 11) is -2.41. The van der Waals surface area contributed by atoms with E-state index < -0.39 is 44.5 Å². The van der Waals surface area contributed by atoms with E-state index in [-0.39, 0.29) is 28.4 Å². The SMILES string of the molecule is C=N/C(=C\C(=N/C)c1cccc(C(F)(F)F)c1)CNC(=O)[C@@H]1CC[C@@H]1S(=O)(=O)c1ccc(F)cc1. The maximum absolute atomic E-state index is 13.1. The van der Waals surface area contributed by atoms with Crippen LogP contribution in [-0.2, 0) is 20.8 Å². The molecule has 1 aliphatic rings. The van der Waals surface area contributed by atoms with Crippen molar-refractivity contribution in [2.45, 2.75) is 29.2 Å². The fraction of sp³-hybridized carbons (Fsp3) is 0.292. The van der Waals surface area contributed by atoms with Crippen LogP contribution in [0, 0.1) is 11.7 Å². The summed E-state index contributed by atoms with van der Waals surface area (Å²) in [5, 5.41) is 1.68. The second-order valence-electron chi connectivity index (χ2n) is 7.92. The number of alkyl halides is 3. The molecule has 1 saturated carbocycles. The van der Waals surface area contributed by atoms with E-state index >= 15 is 0 Å². The molecule has 0 aromatic heterocycles. The molecule has 0 saturated heterocycles. The number of benzene rings is 2. The Hall–Kier alpha value is -3.34. The summed E-state index contributed by atoms with van der Waals surface area (Å²) >= 11 is 0. The topological polar surface area (TPSA) is 88.0 Å². The summed E-state index contributed by atoms with van der Waals surface area (Å²) in [5.74, 6) is -1.86. The van der Waals surface area contributed by atoms with E-state index in [0.29, 0.717) is 12.8 Å². The van der Waals surface area contributed by atoms with Crippen molar-refractivity contribution in [3.63, 3.8) is 0 Å². The van der Waals surface area contributed by atoms with Gasteiger partial charge in [0.1, 0.15) is 5.82 Å². The number of amides is 1. The molecular formula is C24H23F4N3O3S. The van der Waals surface area contributed by atoms with Gasteiger partial charge in [-0.2, -0.15) is 13.2 Å². The summed E-state index contributed by atoms with van der Waals surface area (Å²) in [5.41, 5.74) is -0.189.